The van der Waals surface area contributed by atoms with Gasteiger partial charge in [0.25, 0.3) is 0 Å². The van der Waals surface area contributed by atoms with Crippen molar-refractivity contribution in [2.45, 2.75) is 20.0 Å². The Kier molecular flexibility index (Phi) is 5.15. The molecule has 0 saturated heterocycles. The Morgan fingerprint density at radius 3 is 2.78 bits per heavy atom. The minimum absolute atomic E-state index is 0.0275. The third-order valence-electron chi connectivity index (χ3n) is 3.30. The first-order chi connectivity index (χ1) is 10.8. The maximum absolute atomic E-state index is 12.8. The van der Waals surface area contributed by atoms with Crippen LogP contribution in [0.2, 0.25) is 5.15 Å². The van der Waals surface area contributed by atoms with E-state index in [9.17, 15) is 13.6 Å². The molecule has 6 nitrogen and oxygen atoms in total. The molecular weight excluding hydrogens is 328 g/mol. The van der Waals surface area contributed by atoms with Gasteiger partial charge in [-0.2, -0.15) is 13.9 Å². The average Bonchev–Trinajstić information content (AvgIpc) is 3.03. The highest BCUT2D eigenvalue weighted by Gasteiger charge is 2.15. The lowest BCUT2D eigenvalue weighted by Gasteiger charge is -2.15. The maximum Gasteiger partial charge on any atom is 0.319 e. The largest absolute Gasteiger partial charge is 0.335 e. The van der Waals surface area contributed by atoms with Crippen LogP contribution in [0.1, 0.15) is 23.6 Å². The predicted octanol–water partition coefficient (Wildman–Crippen LogP) is 2.65. The summed E-state index contributed by atoms with van der Waals surface area (Å²) in [5.74, 6) is -0.243. The van der Waals surface area contributed by atoms with E-state index in [1.165, 1.54) is 35.1 Å². The van der Waals surface area contributed by atoms with Crippen LogP contribution >= 0.6 is 11.6 Å². The van der Waals surface area contributed by atoms with Gasteiger partial charge in [-0.3, -0.25) is 14.0 Å². The van der Waals surface area contributed by atoms with Crippen LogP contribution in [-0.2, 0) is 18.4 Å². The molecule has 0 radical (unpaired) electrons. The van der Waals surface area contributed by atoms with Crippen LogP contribution in [0.3, 0.4) is 0 Å². The fourth-order valence-electron chi connectivity index (χ4n) is 2.05. The van der Waals surface area contributed by atoms with Gasteiger partial charge in [-0.05, 0) is 13.0 Å². The second-order valence-electron chi connectivity index (χ2n) is 4.97. The summed E-state index contributed by atoms with van der Waals surface area (Å²) < 4.78 is 27.7. The fraction of sp³-hybridized carbons (Fsp3) is 0.357. The number of carbonyl (C=O) groups is 1. The molecule has 0 unspecified atom stereocenters. The first-order valence-corrected chi connectivity index (χ1v) is 7.11. The number of hydrogen-bond acceptors (Lipinski definition) is 3. The van der Waals surface area contributed by atoms with Gasteiger partial charge in [0.05, 0.1) is 12.2 Å². The number of rotatable bonds is 5. The van der Waals surface area contributed by atoms with E-state index < -0.39 is 6.55 Å². The topological polar surface area (TPSA) is 56.0 Å². The van der Waals surface area contributed by atoms with Gasteiger partial charge in [0.15, 0.2) is 0 Å². The molecule has 1 amide bonds. The van der Waals surface area contributed by atoms with E-state index in [0.29, 0.717) is 16.4 Å². The summed E-state index contributed by atoms with van der Waals surface area (Å²) in [6.45, 7) is -0.942. The molecule has 0 aliphatic heterocycles. The fourth-order valence-corrected chi connectivity index (χ4v) is 2.29. The van der Waals surface area contributed by atoms with Gasteiger partial charge in [0.2, 0.25) is 5.91 Å². The summed E-state index contributed by atoms with van der Waals surface area (Å²) >= 11 is 6.08. The normalized spacial score (nSPS) is 11.6. The highest BCUT2D eigenvalue weighted by molar-refractivity contribution is 6.31. The first kappa shape index (κ1) is 17.1. The second-order valence-corrected chi connectivity index (χ2v) is 5.33. The van der Waals surface area contributed by atoms with Crippen molar-refractivity contribution in [2.75, 3.05) is 7.05 Å². The third kappa shape index (κ3) is 3.76. The smallest absolute Gasteiger partial charge is 0.319 e. The van der Waals surface area contributed by atoms with Gasteiger partial charge in [-0.15, -0.1) is 0 Å². The zero-order chi connectivity index (χ0) is 17.1. The lowest BCUT2D eigenvalue weighted by Crippen LogP contribution is -2.26. The van der Waals surface area contributed by atoms with Gasteiger partial charge >= 0.3 is 6.55 Å². The molecule has 2 rings (SSSR count). The third-order valence-corrected chi connectivity index (χ3v) is 3.75. The molecule has 0 spiro atoms. The van der Waals surface area contributed by atoms with Crippen LogP contribution in [0.25, 0.3) is 6.08 Å². The second kappa shape index (κ2) is 6.91. The molecule has 0 atom stereocenters. The quantitative estimate of drug-likeness (QED) is 0.784. The zero-order valence-electron chi connectivity index (χ0n) is 12.9. The zero-order valence-corrected chi connectivity index (χ0v) is 13.6. The monoisotopic (exact) mass is 343 g/mol. The molecule has 124 valence electrons. The van der Waals surface area contributed by atoms with Crippen LogP contribution in [-0.4, -0.2) is 37.2 Å². The van der Waals surface area contributed by atoms with Gasteiger partial charge in [0.1, 0.15) is 11.0 Å². The highest BCUT2D eigenvalue weighted by atomic mass is 35.5. The molecule has 2 aromatic heterocycles. The summed E-state index contributed by atoms with van der Waals surface area (Å²) in [6, 6.07) is 0. The summed E-state index contributed by atoms with van der Waals surface area (Å²) in [4.78, 5) is 17.2. The average molecular weight is 344 g/mol. The van der Waals surface area contributed by atoms with Crippen molar-refractivity contribution in [1.29, 1.82) is 0 Å². The van der Waals surface area contributed by atoms with E-state index in [2.05, 4.69) is 10.1 Å². The Balaban J connectivity index is 2.08. The van der Waals surface area contributed by atoms with Gasteiger partial charge < -0.3 is 4.90 Å². The van der Waals surface area contributed by atoms with E-state index >= 15 is 0 Å². The molecule has 2 aromatic rings. The first-order valence-electron chi connectivity index (χ1n) is 6.73. The number of hydrogen-bond donors (Lipinski definition) is 0. The van der Waals surface area contributed by atoms with E-state index in [0.717, 1.165) is 4.57 Å². The van der Waals surface area contributed by atoms with Crippen LogP contribution in [0.15, 0.2) is 18.5 Å². The number of aromatic nitrogens is 4. The number of amides is 1. The van der Waals surface area contributed by atoms with E-state index in [4.69, 9.17) is 11.6 Å². The molecule has 0 bridgehead atoms. The lowest BCUT2D eigenvalue weighted by atomic mass is 10.2. The molecule has 0 N–H and O–H groups in total. The number of likely N-dealkylation sites (N-methyl/N-ethyl adjacent to an activating group) is 1. The summed E-state index contributed by atoms with van der Waals surface area (Å²) in [5.41, 5.74) is 1.34. The highest BCUT2D eigenvalue weighted by Crippen LogP contribution is 2.20. The number of imidazole rings is 1. The minimum atomic E-state index is -2.69. The van der Waals surface area contributed by atoms with Crippen molar-refractivity contribution in [3.05, 3.63) is 40.7 Å². The molecule has 0 fully saturated rings. The Labute approximate surface area is 137 Å². The maximum atomic E-state index is 12.8. The van der Waals surface area contributed by atoms with Gasteiger partial charge in [-0.25, -0.2) is 4.98 Å². The number of halogens is 3. The summed E-state index contributed by atoms with van der Waals surface area (Å²) in [6.07, 6.45) is 5.33. The Bertz CT molecular complexity index is 738. The Morgan fingerprint density at radius 2 is 2.22 bits per heavy atom. The van der Waals surface area contributed by atoms with Crippen LogP contribution in [0.5, 0.6) is 0 Å². The standard InChI is InChI=1S/C14H16ClF2N5O/c1-9-10(13(15)21(3)19-9)4-5-12(23)20(2)8-11-18-6-7-22(11)14(16)17/h4-7,14H,8H2,1-3H3/b5-4+. The van der Waals surface area contributed by atoms with Crippen molar-refractivity contribution >= 4 is 23.6 Å². The lowest BCUT2D eigenvalue weighted by molar-refractivity contribution is -0.125. The molecular formula is C14H16ClF2N5O. The van der Waals surface area contributed by atoms with Gasteiger partial charge in [-0.1, -0.05) is 11.6 Å². The number of alkyl halides is 2. The molecule has 9 heteroatoms. The molecule has 23 heavy (non-hydrogen) atoms. The van der Waals surface area contributed by atoms with Crippen LogP contribution in [0.4, 0.5) is 8.78 Å². The van der Waals surface area contributed by atoms with Crippen LogP contribution in [0, 0.1) is 6.92 Å². The molecule has 0 aromatic carbocycles. The van der Waals surface area contributed by atoms with Crippen molar-refractivity contribution in [2.24, 2.45) is 7.05 Å². The molecule has 0 aliphatic carbocycles. The van der Waals surface area contributed by atoms with E-state index in [1.54, 1.807) is 20.0 Å². The Hall–Kier alpha value is -2.22. The van der Waals surface area contributed by atoms with E-state index in [-0.39, 0.29) is 18.3 Å². The predicted molar refractivity (Wildman–Crippen MR) is 81.9 cm³/mol. The van der Waals surface area contributed by atoms with Crippen LogP contribution < -0.4 is 0 Å². The SMILES string of the molecule is Cc1nn(C)c(Cl)c1/C=C/C(=O)N(C)Cc1nccn1C(F)F. The number of nitrogens with zero attached hydrogens (tertiary/aromatic N) is 5. The minimum Gasteiger partial charge on any atom is -0.335 e. The summed E-state index contributed by atoms with van der Waals surface area (Å²) in [5, 5.41) is 4.56. The van der Waals surface area contributed by atoms with Gasteiger partial charge in [0, 0.05) is 38.1 Å². The van der Waals surface area contributed by atoms with Crippen molar-refractivity contribution in [1.82, 2.24) is 24.2 Å². The number of aryl methyl sites for hydroxylation is 2. The molecule has 2 heterocycles. The number of carbonyl (C=O) groups excluding carboxylic acids is 1. The van der Waals surface area contributed by atoms with Crippen molar-refractivity contribution in [3.8, 4) is 0 Å². The Morgan fingerprint density at radius 1 is 1.52 bits per heavy atom. The van der Waals surface area contributed by atoms with Crippen molar-refractivity contribution in [3.63, 3.8) is 0 Å². The molecule has 0 aliphatic rings. The van der Waals surface area contributed by atoms with E-state index in [1.807, 2.05) is 0 Å². The summed E-state index contributed by atoms with van der Waals surface area (Å²) in [7, 11) is 3.21. The van der Waals surface area contributed by atoms with Crippen molar-refractivity contribution < 1.29 is 13.6 Å². The molecule has 0 saturated carbocycles.